The third kappa shape index (κ3) is 10.9. The Morgan fingerprint density at radius 3 is 2.24 bits per heavy atom. The van der Waals surface area contributed by atoms with Gasteiger partial charge in [-0.1, -0.05) is 90.1 Å². The number of carbonyl (C=O) groups is 4. The van der Waals surface area contributed by atoms with Gasteiger partial charge in [0.15, 0.2) is 0 Å². The molecule has 1 aliphatic heterocycles. The number of benzene rings is 1. The minimum atomic E-state index is -1.22. The van der Waals surface area contributed by atoms with E-state index in [4.69, 9.17) is 11.5 Å². The number of carbonyl (C=O) groups excluding carboxylic acids is 4. The van der Waals surface area contributed by atoms with Crippen LogP contribution in [0.4, 0.5) is 0 Å². The van der Waals surface area contributed by atoms with Crippen molar-refractivity contribution < 1.29 is 24.3 Å². The van der Waals surface area contributed by atoms with Crippen molar-refractivity contribution in [3.05, 3.63) is 35.9 Å². The van der Waals surface area contributed by atoms with Crippen molar-refractivity contribution in [1.29, 1.82) is 0 Å². The summed E-state index contributed by atoms with van der Waals surface area (Å²) in [4.78, 5) is 56.7. The van der Waals surface area contributed by atoms with Crippen LogP contribution >= 0.6 is 11.8 Å². The Bertz CT molecular complexity index is 1110. The topological polar surface area (TPSA) is 170 Å². The Morgan fingerprint density at radius 1 is 1.00 bits per heavy atom. The van der Waals surface area contributed by atoms with E-state index in [1.54, 1.807) is 25.6 Å². The summed E-state index contributed by atoms with van der Waals surface area (Å²) in [5, 5.41) is 18.4. The molecule has 4 amide bonds. The molecule has 10 nitrogen and oxygen atoms in total. The van der Waals surface area contributed by atoms with Crippen LogP contribution in [-0.4, -0.2) is 82.0 Å². The molecule has 251 valence electrons. The number of thioether (sulfide) groups is 1. The molecule has 3 rings (SSSR count). The zero-order valence-electron chi connectivity index (χ0n) is 27.4. The largest absolute Gasteiger partial charge is 0.391 e. The average molecular weight is 645 g/mol. The normalized spacial score (nSPS) is 21.0. The molecule has 1 aromatic carbocycles. The predicted octanol–water partition coefficient (Wildman–Crippen LogP) is 2.62. The molecule has 0 aromatic heterocycles. The molecular formula is C34H54N5O5S. The Labute approximate surface area is 273 Å². The van der Waals surface area contributed by atoms with E-state index in [2.05, 4.69) is 10.6 Å². The SMILES string of the molecule is CC(C)C(C[C@H](O)[C@@H](N)CC1CCCCC1)C(=O)N(C(=O)C1CSCC[N]1)C(=O)C(Cc1ccccc1)NC(=O)[C@@H](N)C(C)C. The molecule has 1 saturated carbocycles. The average Bonchev–Trinajstić information content (AvgIpc) is 3.03. The van der Waals surface area contributed by atoms with Gasteiger partial charge in [0.1, 0.15) is 12.1 Å². The lowest BCUT2D eigenvalue weighted by Crippen LogP contribution is -2.61. The van der Waals surface area contributed by atoms with Gasteiger partial charge in [-0.25, -0.2) is 10.2 Å². The van der Waals surface area contributed by atoms with E-state index >= 15 is 0 Å². The van der Waals surface area contributed by atoms with Crippen LogP contribution in [0.2, 0.25) is 0 Å². The summed E-state index contributed by atoms with van der Waals surface area (Å²) in [6.45, 7) is 7.71. The van der Waals surface area contributed by atoms with E-state index in [0.29, 0.717) is 29.5 Å². The van der Waals surface area contributed by atoms with Gasteiger partial charge >= 0.3 is 0 Å². The standard InChI is InChI=1S/C34H54N5O5S/c1-21(2)25(19-29(40)26(35)17-23-11-7-5-8-12-23)32(42)39(34(44)28-20-45-16-15-37-28)33(43)27(18-24-13-9-6-10-14-24)38-31(41)30(36)22(3)4/h6,9-10,13-14,21-23,25-30,40H,5,7-8,11-12,15-20,35-36H2,1-4H3,(H,38,41)/t25?,26-,27?,28?,29-,30-/m0/s1. The van der Waals surface area contributed by atoms with E-state index < -0.39 is 59.8 Å². The van der Waals surface area contributed by atoms with Crippen molar-refractivity contribution in [2.45, 2.75) is 109 Å². The van der Waals surface area contributed by atoms with Crippen LogP contribution in [0.15, 0.2) is 30.3 Å². The molecule has 45 heavy (non-hydrogen) atoms. The molecule has 6 atom stereocenters. The second-order valence-electron chi connectivity index (χ2n) is 13.4. The fraction of sp³-hybridized carbons (Fsp3) is 0.706. The summed E-state index contributed by atoms with van der Waals surface area (Å²) in [5.74, 6) is -2.56. The molecule has 2 aliphatic rings. The molecular weight excluding hydrogens is 590 g/mol. The van der Waals surface area contributed by atoms with Gasteiger partial charge in [0.25, 0.3) is 11.8 Å². The maximum Gasteiger partial charge on any atom is 0.258 e. The van der Waals surface area contributed by atoms with Crippen molar-refractivity contribution in [2.75, 3.05) is 18.1 Å². The first-order valence-corrected chi connectivity index (χ1v) is 17.8. The van der Waals surface area contributed by atoms with Crippen LogP contribution in [0.3, 0.4) is 0 Å². The number of aliphatic hydroxyl groups is 1. The molecule has 1 heterocycles. The van der Waals surface area contributed by atoms with Crippen LogP contribution in [0.25, 0.3) is 0 Å². The highest BCUT2D eigenvalue weighted by atomic mass is 32.2. The Balaban J connectivity index is 1.92. The van der Waals surface area contributed by atoms with Crippen LogP contribution in [0, 0.1) is 23.7 Å². The van der Waals surface area contributed by atoms with Crippen molar-refractivity contribution in [2.24, 2.45) is 35.1 Å². The molecule has 2 fully saturated rings. The molecule has 1 radical (unpaired) electrons. The summed E-state index contributed by atoms with van der Waals surface area (Å²) in [6, 6.07) is 5.61. The maximum atomic E-state index is 14.4. The van der Waals surface area contributed by atoms with Gasteiger partial charge in [-0.3, -0.25) is 19.2 Å². The smallest absolute Gasteiger partial charge is 0.258 e. The van der Waals surface area contributed by atoms with Gasteiger partial charge in [0.05, 0.1) is 12.1 Å². The number of imide groups is 3. The third-order valence-electron chi connectivity index (χ3n) is 9.17. The highest BCUT2D eigenvalue weighted by Crippen LogP contribution is 2.30. The number of nitrogens with zero attached hydrogens (tertiary/aromatic N) is 2. The van der Waals surface area contributed by atoms with Crippen molar-refractivity contribution in [3.63, 3.8) is 0 Å². The lowest BCUT2D eigenvalue weighted by molar-refractivity contribution is -0.160. The Morgan fingerprint density at radius 2 is 1.67 bits per heavy atom. The van der Waals surface area contributed by atoms with Crippen LogP contribution in [0.5, 0.6) is 0 Å². The zero-order chi connectivity index (χ0) is 33.1. The second kappa shape index (κ2) is 18.1. The fourth-order valence-electron chi connectivity index (χ4n) is 6.15. The van der Waals surface area contributed by atoms with Crippen molar-refractivity contribution in [3.8, 4) is 0 Å². The first kappa shape index (κ1) is 37.2. The van der Waals surface area contributed by atoms with Gasteiger partial charge in [-0.15, -0.1) is 0 Å². The summed E-state index contributed by atoms with van der Waals surface area (Å²) < 4.78 is 0. The monoisotopic (exact) mass is 644 g/mol. The first-order chi connectivity index (χ1) is 21.4. The van der Waals surface area contributed by atoms with E-state index in [1.165, 1.54) is 6.42 Å². The molecule has 3 unspecified atom stereocenters. The number of aliphatic hydroxyl groups excluding tert-OH is 1. The molecule has 6 N–H and O–H groups in total. The quantitative estimate of drug-likeness (QED) is 0.240. The number of hydrogen-bond donors (Lipinski definition) is 4. The van der Waals surface area contributed by atoms with Gasteiger partial charge < -0.3 is 21.9 Å². The lowest BCUT2D eigenvalue weighted by Gasteiger charge is -2.34. The van der Waals surface area contributed by atoms with Gasteiger partial charge in [-0.05, 0) is 36.2 Å². The highest BCUT2D eigenvalue weighted by Gasteiger charge is 2.43. The van der Waals surface area contributed by atoms with Crippen LogP contribution in [0.1, 0.15) is 78.2 Å². The van der Waals surface area contributed by atoms with E-state index in [0.717, 1.165) is 37.0 Å². The Kier molecular flexibility index (Phi) is 15.0. The van der Waals surface area contributed by atoms with Crippen LogP contribution in [-0.2, 0) is 25.6 Å². The van der Waals surface area contributed by atoms with E-state index in [9.17, 15) is 24.3 Å². The van der Waals surface area contributed by atoms with E-state index in [-0.39, 0.29) is 24.7 Å². The number of amides is 4. The van der Waals surface area contributed by atoms with Crippen molar-refractivity contribution >= 4 is 35.4 Å². The fourth-order valence-corrected chi connectivity index (χ4v) is 7.02. The molecule has 0 bridgehead atoms. The molecule has 1 saturated heterocycles. The molecule has 0 spiro atoms. The maximum absolute atomic E-state index is 14.4. The number of hydrogen-bond acceptors (Lipinski definition) is 8. The second-order valence-corrected chi connectivity index (χ2v) is 14.6. The number of nitrogens with two attached hydrogens (primary N) is 2. The minimum absolute atomic E-state index is 0.0198. The van der Waals surface area contributed by atoms with Gasteiger partial charge in [0, 0.05) is 36.4 Å². The van der Waals surface area contributed by atoms with Crippen molar-refractivity contribution in [1.82, 2.24) is 15.5 Å². The predicted molar refractivity (Wildman–Crippen MR) is 178 cm³/mol. The molecule has 11 heteroatoms. The Hall–Kier alpha value is -2.31. The summed E-state index contributed by atoms with van der Waals surface area (Å²) in [5.41, 5.74) is 13.3. The zero-order valence-corrected chi connectivity index (χ0v) is 28.2. The number of rotatable bonds is 14. The molecule has 1 aromatic rings. The minimum Gasteiger partial charge on any atom is -0.391 e. The summed E-state index contributed by atoms with van der Waals surface area (Å²) >= 11 is 1.54. The summed E-state index contributed by atoms with van der Waals surface area (Å²) in [6.07, 6.45) is 5.48. The third-order valence-corrected chi connectivity index (χ3v) is 10.2. The van der Waals surface area contributed by atoms with Gasteiger partial charge in [-0.2, -0.15) is 11.8 Å². The van der Waals surface area contributed by atoms with Crippen LogP contribution < -0.4 is 22.1 Å². The summed E-state index contributed by atoms with van der Waals surface area (Å²) in [7, 11) is 0. The van der Waals surface area contributed by atoms with E-state index in [1.807, 2.05) is 44.2 Å². The first-order valence-electron chi connectivity index (χ1n) is 16.6. The van der Waals surface area contributed by atoms with Gasteiger partial charge in [0.2, 0.25) is 11.8 Å². The molecule has 1 aliphatic carbocycles. The highest BCUT2D eigenvalue weighted by molar-refractivity contribution is 7.99. The lowest BCUT2D eigenvalue weighted by atomic mass is 9.81. The number of nitrogens with one attached hydrogen (secondary N) is 1.